The Morgan fingerprint density at radius 2 is 0.806 bits per heavy atom. The molecule has 0 N–H and O–H groups in total. The van der Waals surface area contributed by atoms with Crippen LogP contribution in [0, 0.1) is 0 Å². The molecule has 0 radical (unpaired) electrons. The average Bonchev–Trinajstić information content (AvgIpc) is 3.65. The molecule has 1 spiro atoms. The van der Waals surface area contributed by atoms with Crippen LogP contribution in [-0.4, -0.2) is 24.9 Å². The first-order chi connectivity index (χ1) is 30.7. The fourth-order valence-electron chi connectivity index (χ4n) is 9.33. The Labute approximate surface area is 359 Å². The standard InChI is InChI=1S/C56H35N5O/c1-3-13-36(14-4-1)51-33-52(61-55(60-51)37-15-5-2-6-16-37)39-24-26-54-48(30-39)56(45-21-9-7-19-43(45)44-20-8-10-22-46(44)56)47-29-38(23-25-53(47)62-54)42-31-49(40-17-11-27-57-34-40)59-50(32-42)41-18-12-28-58-35-41/h1-35H. The number of benzene rings is 6. The summed E-state index contributed by atoms with van der Waals surface area (Å²) < 4.78 is 6.99. The SMILES string of the molecule is c1ccc(-c2cc(-c3ccc4c(c3)C3(c5cc(-c6cc(-c7cccnc7)nc(-c7cccnc7)c6)ccc5O4)c4ccccc4-c4ccccc43)nc(-c3ccccc3)n2)cc1. The number of rotatable bonds is 6. The molecule has 1 aliphatic carbocycles. The average molecular weight is 794 g/mol. The van der Waals surface area contributed by atoms with Gasteiger partial charge in [0.25, 0.3) is 0 Å². The first kappa shape index (κ1) is 35.6. The molecule has 0 saturated carbocycles. The molecule has 6 aromatic carbocycles. The van der Waals surface area contributed by atoms with Gasteiger partial charge in [-0.15, -0.1) is 0 Å². The van der Waals surface area contributed by atoms with Crippen molar-refractivity contribution in [2.45, 2.75) is 5.41 Å². The highest BCUT2D eigenvalue weighted by molar-refractivity contribution is 5.90. The van der Waals surface area contributed by atoms with Crippen LogP contribution in [-0.2, 0) is 5.41 Å². The molecule has 0 saturated heterocycles. The van der Waals surface area contributed by atoms with Crippen LogP contribution >= 0.6 is 0 Å². The van der Waals surface area contributed by atoms with Gasteiger partial charge in [-0.05, 0) is 106 Å². The number of ether oxygens (including phenoxy) is 1. The Morgan fingerprint density at radius 3 is 1.39 bits per heavy atom. The lowest BCUT2D eigenvalue weighted by Gasteiger charge is -2.40. The summed E-state index contributed by atoms with van der Waals surface area (Å²) in [6, 6.07) is 65.7. The molecule has 10 aromatic rings. The van der Waals surface area contributed by atoms with E-state index in [1.54, 1.807) is 12.4 Å². The van der Waals surface area contributed by atoms with Crippen molar-refractivity contribution < 1.29 is 4.74 Å². The molecule has 0 atom stereocenters. The predicted molar refractivity (Wildman–Crippen MR) is 245 cm³/mol. The maximum Gasteiger partial charge on any atom is 0.160 e. The van der Waals surface area contributed by atoms with Crippen LogP contribution in [0.5, 0.6) is 11.5 Å². The number of aromatic nitrogens is 5. The van der Waals surface area contributed by atoms with E-state index in [1.807, 2.05) is 73.1 Å². The minimum atomic E-state index is -0.717. The van der Waals surface area contributed by atoms with Crippen LogP contribution in [0.3, 0.4) is 0 Å². The molecule has 4 aromatic heterocycles. The maximum atomic E-state index is 6.99. The lowest BCUT2D eigenvalue weighted by Crippen LogP contribution is -2.32. The Kier molecular flexibility index (Phi) is 8.28. The normalized spacial score (nSPS) is 12.8. The lowest BCUT2D eigenvalue weighted by molar-refractivity contribution is 0.436. The number of pyridine rings is 3. The zero-order chi connectivity index (χ0) is 41.0. The third-order valence-corrected chi connectivity index (χ3v) is 12.1. The zero-order valence-corrected chi connectivity index (χ0v) is 33.4. The molecule has 5 heterocycles. The van der Waals surface area contributed by atoms with Crippen molar-refractivity contribution in [2.75, 3.05) is 0 Å². The van der Waals surface area contributed by atoms with E-state index in [9.17, 15) is 0 Å². The van der Waals surface area contributed by atoms with Gasteiger partial charge < -0.3 is 4.74 Å². The molecule has 6 nitrogen and oxygen atoms in total. The Morgan fingerprint density at radius 1 is 0.323 bits per heavy atom. The number of fused-ring (bicyclic) bond motifs is 9. The van der Waals surface area contributed by atoms with Crippen molar-refractivity contribution in [3.63, 3.8) is 0 Å². The van der Waals surface area contributed by atoms with Gasteiger partial charge in [-0.1, -0.05) is 115 Å². The van der Waals surface area contributed by atoms with Crippen molar-refractivity contribution >= 4 is 0 Å². The van der Waals surface area contributed by atoms with Crippen molar-refractivity contribution in [1.29, 1.82) is 0 Å². The Bertz CT molecular complexity index is 2980. The van der Waals surface area contributed by atoms with E-state index < -0.39 is 5.41 Å². The van der Waals surface area contributed by atoms with Crippen LogP contribution in [0.15, 0.2) is 213 Å². The molecule has 0 fully saturated rings. The van der Waals surface area contributed by atoms with Crippen LogP contribution in [0.2, 0.25) is 0 Å². The largest absolute Gasteiger partial charge is 0.457 e. The van der Waals surface area contributed by atoms with Crippen LogP contribution < -0.4 is 4.74 Å². The van der Waals surface area contributed by atoms with Crippen LogP contribution in [0.25, 0.3) is 78.7 Å². The van der Waals surface area contributed by atoms with Gasteiger partial charge in [0.1, 0.15) is 11.5 Å². The third-order valence-electron chi connectivity index (χ3n) is 12.1. The van der Waals surface area contributed by atoms with Gasteiger partial charge in [-0.25, -0.2) is 15.0 Å². The fourth-order valence-corrected chi connectivity index (χ4v) is 9.33. The molecule has 290 valence electrons. The number of hydrogen-bond donors (Lipinski definition) is 0. The second kappa shape index (κ2) is 14.4. The third kappa shape index (κ3) is 5.76. The van der Waals surface area contributed by atoms with Crippen molar-refractivity contribution in [3.8, 4) is 90.2 Å². The zero-order valence-electron chi connectivity index (χ0n) is 33.4. The summed E-state index contributed by atoms with van der Waals surface area (Å²) in [5.74, 6) is 2.29. The van der Waals surface area contributed by atoms with Gasteiger partial charge in [0.05, 0.1) is 28.2 Å². The van der Waals surface area contributed by atoms with Gasteiger partial charge in [-0.3, -0.25) is 9.97 Å². The lowest BCUT2D eigenvalue weighted by atomic mass is 9.65. The van der Waals surface area contributed by atoms with E-state index in [0.29, 0.717) is 5.82 Å². The van der Waals surface area contributed by atoms with Crippen molar-refractivity contribution in [2.24, 2.45) is 0 Å². The number of hydrogen-bond acceptors (Lipinski definition) is 6. The second-order valence-electron chi connectivity index (χ2n) is 15.7. The highest BCUT2D eigenvalue weighted by atomic mass is 16.5. The summed E-state index contributed by atoms with van der Waals surface area (Å²) in [6.07, 6.45) is 7.29. The van der Waals surface area contributed by atoms with Gasteiger partial charge >= 0.3 is 0 Å². The molecule has 0 bridgehead atoms. The molecular weight excluding hydrogens is 759 g/mol. The molecule has 62 heavy (non-hydrogen) atoms. The molecule has 0 amide bonds. The molecule has 1 aliphatic heterocycles. The van der Waals surface area contributed by atoms with E-state index in [0.717, 1.165) is 84.3 Å². The summed E-state index contributed by atoms with van der Waals surface area (Å²) in [4.78, 5) is 24.3. The van der Waals surface area contributed by atoms with E-state index in [2.05, 4.69) is 137 Å². The van der Waals surface area contributed by atoms with E-state index in [1.165, 1.54) is 22.3 Å². The van der Waals surface area contributed by atoms with E-state index in [4.69, 9.17) is 19.7 Å². The van der Waals surface area contributed by atoms with Crippen molar-refractivity contribution in [3.05, 3.63) is 235 Å². The second-order valence-corrected chi connectivity index (χ2v) is 15.7. The summed E-state index contributed by atoms with van der Waals surface area (Å²) in [5.41, 5.74) is 16.5. The minimum absolute atomic E-state index is 0.672. The smallest absolute Gasteiger partial charge is 0.160 e. The van der Waals surface area contributed by atoms with Gasteiger partial charge in [-0.2, -0.15) is 0 Å². The molecule has 2 aliphatic rings. The van der Waals surface area contributed by atoms with Crippen LogP contribution in [0.1, 0.15) is 22.3 Å². The van der Waals surface area contributed by atoms with Crippen molar-refractivity contribution in [1.82, 2.24) is 24.9 Å². The van der Waals surface area contributed by atoms with Crippen LogP contribution in [0.4, 0.5) is 0 Å². The number of nitrogens with zero attached hydrogens (tertiary/aromatic N) is 5. The predicted octanol–water partition coefficient (Wildman–Crippen LogP) is 13.1. The minimum Gasteiger partial charge on any atom is -0.457 e. The monoisotopic (exact) mass is 793 g/mol. The molecular formula is C56H35N5O. The summed E-state index contributed by atoms with van der Waals surface area (Å²) in [5, 5.41) is 0. The van der Waals surface area contributed by atoms with E-state index >= 15 is 0 Å². The summed E-state index contributed by atoms with van der Waals surface area (Å²) in [7, 11) is 0. The summed E-state index contributed by atoms with van der Waals surface area (Å²) >= 11 is 0. The quantitative estimate of drug-likeness (QED) is 0.167. The highest BCUT2D eigenvalue weighted by Gasteiger charge is 2.51. The first-order valence-electron chi connectivity index (χ1n) is 20.7. The topological polar surface area (TPSA) is 73.7 Å². The first-order valence-corrected chi connectivity index (χ1v) is 20.7. The van der Waals surface area contributed by atoms with E-state index in [-0.39, 0.29) is 0 Å². The highest BCUT2D eigenvalue weighted by Crippen LogP contribution is 2.62. The van der Waals surface area contributed by atoms with Gasteiger partial charge in [0.2, 0.25) is 0 Å². The summed E-state index contributed by atoms with van der Waals surface area (Å²) in [6.45, 7) is 0. The maximum absolute atomic E-state index is 6.99. The Hall–Kier alpha value is -8.35. The molecule has 6 heteroatoms. The molecule has 0 unspecified atom stereocenters. The Balaban J connectivity index is 1.10. The van der Waals surface area contributed by atoms with Gasteiger partial charge in [0, 0.05) is 63.7 Å². The molecule has 12 rings (SSSR count). The fraction of sp³-hybridized carbons (Fsp3) is 0.0179. The van der Waals surface area contributed by atoms with Gasteiger partial charge in [0.15, 0.2) is 5.82 Å².